The van der Waals surface area contributed by atoms with Gasteiger partial charge in [-0.15, -0.1) is 0 Å². The van der Waals surface area contributed by atoms with Crippen LogP contribution in [0.3, 0.4) is 0 Å². The van der Waals surface area contributed by atoms with Gasteiger partial charge >= 0.3 is 0 Å². The van der Waals surface area contributed by atoms with Gasteiger partial charge in [-0.3, -0.25) is 9.59 Å². The van der Waals surface area contributed by atoms with E-state index in [2.05, 4.69) is 46.3 Å². The minimum absolute atomic E-state index is 0.423. The summed E-state index contributed by atoms with van der Waals surface area (Å²) < 4.78 is 4.26. The fourth-order valence-corrected chi connectivity index (χ4v) is 5.29. The molecule has 1 aromatic carbocycles. The third-order valence-electron chi connectivity index (χ3n) is 7.10. The second-order valence-electron chi connectivity index (χ2n) is 10.3. The average molecular weight is 632 g/mol. The molecule has 0 unspecified atom stereocenters. The molecule has 2 aliphatic carbocycles. The Bertz CT molecular complexity index is 1830. The van der Waals surface area contributed by atoms with Crippen LogP contribution in [0.1, 0.15) is 57.8 Å². The first-order valence-electron chi connectivity index (χ1n) is 13.2. The van der Waals surface area contributed by atoms with Crippen LogP contribution in [0.5, 0.6) is 0 Å². The molecule has 10 nitrogen and oxygen atoms in total. The second-order valence-corrected chi connectivity index (χ2v) is 11.5. The van der Waals surface area contributed by atoms with E-state index in [-0.39, 0.29) is 0 Å². The zero-order chi connectivity index (χ0) is 28.5. The van der Waals surface area contributed by atoms with Gasteiger partial charge in [0.1, 0.15) is 11.0 Å². The number of carbonyl (C=O) groups is 2. The summed E-state index contributed by atoms with van der Waals surface area (Å²) in [6, 6.07) is 9.14. The van der Waals surface area contributed by atoms with Gasteiger partial charge in [0.25, 0.3) is 0 Å². The predicted octanol–water partition coefficient (Wildman–Crippen LogP) is 6.70. The third-order valence-corrected chi connectivity index (χ3v) is 7.95. The summed E-state index contributed by atoms with van der Waals surface area (Å²) in [6.45, 7) is 7.08. The lowest BCUT2D eigenvalue weighted by Gasteiger charge is -2.11. The minimum atomic E-state index is 0.423. The quantitative estimate of drug-likeness (QED) is 0.115. The topological polar surface area (TPSA) is 111 Å². The standard InChI is InChI=1S/C18H14BrN5O.C11H10ClN3O/c1-20-13-4-5-16(15(19)7-13)22-17-8-14(6-11-2-3-11)24-18(23-17)12(10-25)9-21-24;12-10-4-9(3-7-1-2-7)15-11(14-10)8(6-16)5-13-15/h4-5,7-11H,2-3,6H2,(H,22,23);4-7H,1-3H2. The zero-order valence-electron chi connectivity index (χ0n) is 21.8. The monoisotopic (exact) mass is 630 g/mol. The van der Waals surface area contributed by atoms with Gasteiger partial charge in [0.05, 0.1) is 35.8 Å². The molecule has 7 rings (SSSR count). The first-order valence-corrected chi connectivity index (χ1v) is 14.4. The maximum Gasteiger partial charge on any atom is 0.188 e. The number of nitrogens with one attached hydrogen (secondary N) is 1. The molecule has 41 heavy (non-hydrogen) atoms. The number of hydrogen-bond donors (Lipinski definition) is 1. The Morgan fingerprint density at radius 3 is 2.05 bits per heavy atom. The van der Waals surface area contributed by atoms with E-state index in [1.54, 1.807) is 27.4 Å². The van der Waals surface area contributed by atoms with Crippen LogP contribution in [0.15, 0.2) is 47.2 Å². The largest absolute Gasteiger partial charge is 0.339 e. The first kappa shape index (κ1) is 27.1. The second kappa shape index (κ2) is 11.4. The van der Waals surface area contributed by atoms with E-state index in [1.807, 2.05) is 18.2 Å². The number of anilines is 2. The Morgan fingerprint density at radius 2 is 1.51 bits per heavy atom. The number of nitrogens with zero attached hydrogens (tertiary/aromatic N) is 7. The Kier molecular flexibility index (Phi) is 7.51. The van der Waals surface area contributed by atoms with Crippen LogP contribution < -0.4 is 5.32 Å². The Hall–Kier alpha value is -4.14. The molecule has 4 heterocycles. The van der Waals surface area contributed by atoms with E-state index in [1.165, 1.54) is 31.9 Å². The van der Waals surface area contributed by atoms with Crippen molar-refractivity contribution < 1.29 is 9.59 Å². The highest BCUT2D eigenvalue weighted by Crippen LogP contribution is 2.35. The van der Waals surface area contributed by atoms with E-state index in [4.69, 9.17) is 18.2 Å². The van der Waals surface area contributed by atoms with E-state index in [9.17, 15) is 9.59 Å². The molecule has 2 aliphatic rings. The van der Waals surface area contributed by atoms with Crippen molar-refractivity contribution in [1.82, 2.24) is 29.2 Å². The van der Waals surface area contributed by atoms with Gasteiger partial charge in [0, 0.05) is 21.9 Å². The summed E-state index contributed by atoms with van der Waals surface area (Å²) >= 11 is 9.42. The molecule has 0 atom stereocenters. The number of fused-ring (bicyclic) bond motifs is 2. The number of aldehydes is 2. The number of rotatable bonds is 8. The van der Waals surface area contributed by atoms with Crippen LogP contribution in [0.4, 0.5) is 17.2 Å². The molecular formula is C29H24BrClN8O2. The van der Waals surface area contributed by atoms with E-state index in [0.29, 0.717) is 45.0 Å². The van der Waals surface area contributed by atoms with Gasteiger partial charge in [0.2, 0.25) is 0 Å². The lowest BCUT2D eigenvalue weighted by molar-refractivity contribution is 0.111. The molecule has 0 amide bonds. The lowest BCUT2D eigenvalue weighted by Crippen LogP contribution is -2.05. The van der Waals surface area contributed by atoms with Crippen LogP contribution in [-0.4, -0.2) is 41.8 Å². The third kappa shape index (κ3) is 5.99. The normalized spacial score (nSPS) is 14.4. The maximum absolute atomic E-state index is 11.3. The van der Waals surface area contributed by atoms with Crippen molar-refractivity contribution in [2.75, 3.05) is 5.32 Å². The molecule has 206 valence electrons. The number of benzene rings is 1. The molecular weight excluding hydrogens is 608 g/mol. The summed E-state index contributed by atoms with van der Waals surface area (Å²) in [5.41, 5.74) is 5.52. The molecule has 2 fully saturated rings. The van der Waals surface area contributed by atoms with Crippen LogP contribution in [0, 0.1) is 18.4 Å². The highest BCUT2D eigenvalue weighted by molar-refractivity contribution is 9.10. The highest BCUT2D eigenvalue weighted by Gasteiger charge is 2.25. The lowest BCUT2D eigenvalue weighted by atomic mass is 10.2. The molecule has 1 N–H and O–H groups in total. The van der Waals surface area contributed by atoms with Crippen LogP contribution >= 0.6 is 27.5 Å². The van der Waals surface area contributed by atoms with Gasteiger partial charge in [-0.05, 0) is 84.5 Å². The number of carbonyl (C=O) groups excluding carboxylic acids is 2. The molecule has 4 aromatic heterocycles. The van der Waals surface area contributed by atoms with Crippen LogP contribution in [0.2, 0.25) is 5.15 Å². The average Bonchev–Trinajstić information content (AvgIpc) is 3.89. The predicted molar refractivity (Wildman–Crippen MR) is 158 cm³/mol. The van der Waals surface area contributed by atoms with Gasteiger partial charge in [0.15, 0.2) is 29.6 Å². The van der Waals surface area contributed by atoms with E-state index < -0.39 is 0 Å². The minimum Gasteiger partial charge on any atom is -0.339 e. The SMILES string of the molecule is O=Cc1cnn2c(CC3CC3)cc(Cl)nc12.[C-]#[N+]c1ccc(Nc2cc(CC3CC3)n3ncc(C=O)c3n2)c(Br)c1. The summed E-state index contributed by atoms with van der Waals surface area (Å²) in [5, 5.41) is 12.2. The number of halogens is 2. The molecule has 0 aliphatic heterocycles. The molecule has 2 saturated carbocycles. The zero-order valence-corrected chi connectivity index (χ0v) is 24.1. The van der Waals surface area contributed by atoms with Crippen molar-refractivity contribution in [3.63, 3.8) is 0 Å². The Morgan fingerprint density at radius 1 is 0.927 bits per heavy atom. The number of hydrogen-bond acceptors (Lipinski definition) is 7. The summed E-state index contributed by atoms with van der Waals surface area (Å²) in [7, 11) is 0. The molecule has 0 saturated heterocycles. The molecule has 0 radical (unpaired) electrons. The van der Waals surface area contributed by atoms with Crippen LogP contribution in [0.25, 0.3) is 16.1 Å². The van der Waals surface area contributed by atoms with Gasteiger partial charge in [-0.1, -0.05) is 17.7 Å². The fourth-order valence-electron chi connectivity index (χ4n) is 4.62. The summed E-state index contributed by atoms with van der Waals surface area (Å²) in [5.74, 6) is 2.08. The van der Waals surface area contributed by atoms with Gasteiger partial charge < -0.3 is 5.32 Å². The molecule has 0 bridgehead atoms. The molecule has 5 aromatic rings. The summed E-state index contributed by atoms with van der Waals surface area (Å²) in [6.07, 6.45) is 11.5. The Balaban J connectivity index is 0.000000162. The first-order chi connectivity index (χ1) is 19.9. The van der Waals surface area contributed by atoms with E-state index >= 15 is 0 Å². The molecule has 0 spiro atoms. The van der Waals surface area contributed by atoms with Crippen molar-refractivity contribution in [3.05, 3.63) is 86.3 Å². The van der Waals surface area contributed by atoms with Crippen molar-refractivity contribution in [1.29, 1.82) is 0 Å². The highest BCUT2D eigenvalue weighted by atomic mass is 79.9. The Labute approximate surface area is 248 Å². The number of aromatic nitrogens is 6. The smallest absolute Gasteiger partial charge is 0.188 e. The van der Waals surface area contributed by atoms with Crippen molar-refractivity contribution in [2.45, 2.75) is 38.5 Å². The summed E-state index contributed by atoms with van der Waals surface area (Å²) in [4.78, 5) is 34.2. The van der Waals surface area contributed by atoms with Crippen molar-refractivity contribution in [2.24, 2.45) is 11.8 Å². The van der Waals surface area contributed by atoms with E-state index in [0.717, 1.165) is 52.9 Å². The van der Waals surface area contributed by atoms with Gasteiger partial charge in [-0.25, -0.2) is 23.8 Å². The van der Waals surface area contributed by atoms with Gasteiger partial charge in [-0.2, -0.15) is 10.2 Å². The van der Waals surface area contributed by atoms with Crippen molar-refractivity contribution >= 4 is 68.6 Å². The molecule has 12 heteroatoms. The fraction of sp³-hybridized carbons (Fsp3) is 0.276. The van der Waals surface area contributed by atoms with Crippen LogP contribution in [-0.2, 0) is 12.8 Å². The maximum atomic E-state index is 11.3. The van der Waals surface area contributed by atoms with Crippen molar-refractivity contribution in [3.8, 4) is 0 Å².